The average Bonchev–Trinajstić information content (AvgIpc) is 2.83. The normalized spacial score (nSPS) is 26.3. The summed E-state index contributed by atoms with van der Waals surface area (Å²) in [6.07, 6.45) is 0.883. The Kier molecular flexibility index (Phi) is 3.16. The summed E-state index contributed by atoms with van der Waals surface area (Å²) in [5.74, 6) is 0.285. The average molecular weight is 262 g/mol. The first-order chi connectivity index (χ1) is 9.13. The number of carbonyl (C=O) groups excluding carboxylic acids is 1. The Labute approximate surface area is 111 Å². The quantitative estimate of drug-likeness (QED) is 0.666. The molecule has 1 aromatic carbocycles. The number of rotatable bonds is 1. The Morgan fingerprint density at radius 2 is 2.21 bits per heavy atom. The molecule has 0 bridgehead atoms. The smallest absolute Gasteiger partial charge is 0.240 e. The van der Waals surface area contributed by atoms with Crippen LogP contribution >= 0.6 is 0 Å². The van der Waals surface area contributed by atoms with Crippen LogP contribution in [0.2, 0.25) is 0 Å². The van der Waals surface area contributed by atoms with Crippen molar-refractivity contribution in [3.8, 4) is 5.75 Å². The number of benzene rings is 1. The van der Waals surface area contributed by atoms with Gasteiger partial charge in [0.25, 0.3) is 0 Å². The summed E-state index contributed by atoms with van der Waals surface area (Å²) in [7, 11) is 0. The molecule has 1 aromatic rings. The van der Waals surface area contributed by atoms with Crippen molar-refractivity contribution in [3.05, 3.63) is 29.3 Å². The summed E-state index contributed by atoms with van der Waals surface area (Å²) in [5, 5.41) is 22.0. The fourth-order valence-electron chi connectivity index (χ4n) is 2.86. The maximum Gasteiger partial charge on any atom is 0.240 e. The SMILES string of the molecule is O=C([C@H]1C[C@@H](O)CN1)N1CCc2ccc(O)cc2C1. The highest BCUT2D eigenvalue weighted by Gasteiger charge is 2.32. The summed E-state index contributed by atoms with van der Waals surface area (Å²) < 4.78 is 0. The van der Waals surface area contributed by atoms with E-state index >= 15 is 0 Å². The van der Waals surface area contributed by atoms with Crippen LogP contribution in [-0.2, 0) is 17.8 Å². The van der Waals surface area contributed by atoms with Crippen molar-refractivity contribution in [3.63, 3.8) is 0 Å². The van der Waals surface area contributed by atoms with Crippen molar-refractivity contribution < 1.29 is 15.0 Å². The molecular formula is C14H18N2O3. The Balaban J connectivity index is 1.73. The van der Waals surface area contributed by atoms with Crippen LogP contribution in [0, 0.1) is 0 Å². The number of aliphatic hydroxyl groups is 1. The minimum atomic E-state index is -0.421. The van der Waals surface area contributed by atoms with Gasteiger partial charge in [-0.05, 0) is 36.1 Å². The van der Waals surface area contributed by atoms with Gasteiger partial charge in [0.1, 0.15) is 5.75 Å². The zero-order chi connectivity index (χ0) is 13.4. The van der Waals surface area contributed by atoms with Gasteiger partial charge in [0.2, 0.25) is 5.91 Å². The van der Waals surface area contributed by atoms with Crippen LogP contribution < -0.4 is 5.32 Å². The molecule has 2 atom stereocenters. The van der Waals surface area contributed by atoms with Crippen molar-refractivity contribution in [1.82, 2.24) is 10.2 Å². The minimum Gasteiger partial charge on any atom is -0.508 e. The molecule has 19 heavy (non-hydrogen) atoms. The number of phenols is 1. The zero-order valence-corrected chi connectivity index (χ0v) is 10.7. The van der Waals surface area contributed by atoms with E-state index in [9.17, 15) is 15.0 Å². The molecule has 102 valence electrons. The Hall–Kier alpha value is -1.59. The number of nitrogens with one attached hydrogen (secondary N) is 1. The molecule has 5 nitrogen and oxygen atoms in total. The minimum absolute atomic E-state index is 0.0468. The number of aromatic hydroxyl groups is 1. The summed E-state index contributed by atoms with van der Waals surface area (Å²) in [6.45, 7) is 1.73. The van der Waals surface area contributed by atoms with E-state index in [2.05, 4.69) is 5.32 Å². The largest absolute Gasteiger partial charge is 0.508 e. The number of carbonyl (C=O) groups is 1. The maximum atomic E-state index is 12.3. The molecule has 2 heterocycles. The van der Waals surface area contributed by atoms with Crippen LogP contribution in [0.15, 0.2) is 18.2 Å². The lowest BCUT2D eigenvalue weighted by atomic mass is 9.98. The molecule has 2 aliphatic rings. The second-order valence-electron chi connectivity index (χ2n) is 5.31. The molecule has 0 aliphatic carbocycles. The van der Waals surface area contributed by atoms with Gasteiger partial charge in [-0.1, -0.05) is 6.07 Å². The van der Waals surface area contributed by atoms with Gasteiger partial charge < -0.3 is 20.4 Å². The second kappa shape index (κ2) is 4.83. The molecule has 0 spiro atoms. The van der Waals surface area contributed by atoms with Crippen LogP contribution in [0.5, 0.6) is 5.75 Å². The monoisotopic (exact) mass is 262 g/mol. The molecule has 3 rings (SSSR count). The third-order valence-electron chi connectivity index (χ3n) is 3.92. The van der Waals surface area contributed by atoms with E-state index in [0.717, 1.165) is 12.0 Å². The van der Waals surface area contributed by atoms with Crippen molar-refractivity contribution in [1.29, 1.82) is 0 Å². The lowest BCUT2D eigenvalue weighted by Gasteiger charge is -2.31. The predicted molar refractivity (Wildman–Crippen MR) is 69.6 cm³/mol. The van der Waals surface area contributed by atoms with Crippen molar-refractivity contribution in [2.24, 2.45) is 0 Å². The van der Waals surface area contributed by atoms with Crippen molar-refractivity contribution >= 4 is 5.91 Å². The maximum absolute atomic E-state index is 12.3. The van der Waals surface area contributed by atoms with Gasteiger partial charge in [0.15, 0.2) is 0 Å². The van der Waals surface area contributed by atoms with Crippen LogP contribution in [0.3, 0.4) is 0 Å². The Bertz CT molecular complexity index is 503. The van der Waals surface area contributed by atoms with Crippen LogP contribution in [-0.4, -0.2) is 46.3 Å². The van der Waals surface area contributed by atoms with E-state index in [-0.39, 0.29) is 17.7 Å². The van der Waals surface area contributed by atoms with Gasteiger partial charge >= 0.3 is 0 Å². The fraction of sp³-hybridized carbons (Fsp3) is 0.500. The molecule has 1 saturated heterocycles. The molecule has 0 aromatic heterocycles. The fourth-order valence-corrected chi connectivity index (χ4v) is 2.86. The first-order valence-electron chi connectivity index (χ1n) is 6.64. The summed E-state index contributed by atoms with van der Waals surface area (Å²) in [5.41, 5.74) is 2.21. The zero-order valence-electron chi connectivity index (χ0n) is 10.7. The standard InChI is InChI=1S/C14H18N2O3/c17-11-2-1-9-3-4-16(8-10(9)5-11)14(19)13-6-12(18)7-15-13/h1-2,5,12-13,15,17-18H,3-4,6-8H2/t12-,13-/m1/s1. The van der Waals surface area contributed by atoms with E-state index in [1.54, 1.807) is 17.0 Å². The number of amides is 1. The lowest BCUT2D eigenvalue weighted by Crippen LogP contribution is -2.45. The summed E-state index contributed by atoms with van der Waals surface area (Å²) in [4.78, 5) is 14.1. The summed E-state index contributed by atoms with van der Waals surface area (Å²) in [6, 6.07) is 5.06. The summed E-state index contributed by atoms with van der Waals surface area (Å²) >= 11 is 0. The number of fused-ring (bicyclic) bond motifs is 1. The molecule has 1 fully saturated rings. The molecule has 5 heteroatoms. The molecule has 3 N–H and O–H groups in total. The van der Waals surface area contributed by atoms with Crippen LogP contribution in [0.4, 0.5) is 0 Å². The van der Waals surface area contributed by atoms with E-state index < -0.39 is 6.10 Å². The Morgan fingerprint density at radius 1 is 1.37 bits per heavy atom. The van der Waals surface area contributed by atoms with Crippen molar-refractivity contribution in [2.45, 2.75) is 31.5 Å². The molecule has 0 unspecified atom stereocenters. The molecular weight excluding hydrogens is 244 g/mol. The second-order valence-corrected chi connectivity index (χ2v) is 5.31. The van der Waals surface area contributed by atoms with Crippen molar-refractivity contribution in [2.75, 3.05) is 13.1 Å². The third-order valence-corrected chi connectivity index (χ3v) is 3.92. The topological polar surface area (TPSA) is 72.8 Å². The van der Waals surface area contributed by atoms with Gasteiger partial charge in [-0.2, -0.15) is 0 Å². The van der Waals surface area contributed by atoms with E-state index in [4.69, 9.17) is 0 Å². The first kappa shape index (κ1) is 12.4. The lowest BCUT2D eigenvalue weighted by molar-refractivity contribution is -0.134. The molecule has 1 amide bonds. The number of hydrogen-bond acceptors (Lipinski definition) is 4. The molecule has 2 aliphatic heterocycles. The third kappa shape index (κ3) is 2.43. The Morgan fingerprint density at radius 3 is 2.95 bits per heavy atom. The number of β-amino-alcohol motifs (C(OH)–C–C–N with tert-alkyl or cyclic N) is 1. The highest BCUT2D eigenvalue weighted by Crippen LogP contribution is 2.24. The molecule has 0 saturated carbocycles. The highest BCUT2D eigenvalue weighted by molar-refractivity contribution is 5.82. The van der Waals surface area contributed by atoms with E-state index in [1.165, 1.54) is 5.56 Å². The van der Waals surface area contributed by atoms with Crippen LogP contribution in [0.1, 0.15) is 17.5 Å². The van der Waals surface area contributed by atoms with Gasteiger partial charge in [-0.25, -0.2) is 0 Å². The van der Waals surface area contributed by atoms with E-state index in [1.807, 2.05) is 6.07 Å². The number of hydrogen-bond donors (Lipinski definition) is 3. The highest BCUT2D eigenvalue weighted by atomic mass is 16.3. The van der Waals surface area contributed by atoms with Gasteiger partial charge in [-0.15, -0.1) is 0 Å². The van der Waals surface area contributed by atoms with Gasteiger partial charge in [-0.3, -0.25) is 4.79 Å². The van der Waals surface area contributed by atoms with E-state index in [0.29, 0.717) is 26.1 Å². The first-order valence-corrected chi connectivity index (χ1v) is 6.64. The number of nitrogens with zero attached hydrogens (tertiary/aromatic N) is 1. The number of aliphatic hydroxyl groups excluding tert-OH is 1. The number of phenolic OH excluding ortho intramolecular Hbond substituents is 1. The van der Waals surface area contributed by atoms with Gasteiger partial charge in [0.05, 0.1) is 12.1 Å². The van der Waals surface area contributed by atoms with Crippen LogP contribution in [0.25, 0.3) is 0 Å². The molecule has 0 radical (unpaired) electrons. The van der Waals surface area contributed by atoms with Gasteiger partial charge in [0, 0.05) is 19.6 Å². The predicted octanol–water partition coefficient (Wildman–Crippen LogP) is -0.000300.